The number of amides is 2. The maximum absolute atomic E-state index is 12.0. The molecule has 6 nitrogen and oxygen atoms in total. The molecule has 0 aliphatic rings. The molecule has 0 aliphatic carbocycles. The third-order valence-corrected chi connectivity index (χ3v) is 17.9. The molecule has 0 saturated carbocycles. The molecule has 0 aliphatic heterocycles. The molecule has 6 heteroatoms. The summed E-state index contributed by atoms with van der Waals surface area (Å²) in [6, 6.07) is 0. The van der Waals surface area contributed by atoms with Gasteiger partial charge in [-0.2, -0.15) is 0 Å². The Hall–Kier alpha value is -1.46. The van der Waals surface area contributed by atoms with Crippen LogP contribution in [0.25, 0.3) is 0 Å². The van der Waals surface area contributed by atoms with Crippen LogP contribution in [0, 0.1) is 0 Å². The Labute approximate surface area is 503 Å². The minimum Gasteiger partial charge on any atom is -0.465 e. The predicted molar refractivity (Wildman–Crippen MR) is 355 cm³/mol. The molecule has 2 amide bonds. The second-order valence-corrected chi connectivity index (χ2v) is 26.0. The van der Waals surface area contributed by atoms with Crippen LogP contribution in [-0.2, 0) is 4.74 Å². The highest BCUT2D eigenvalue weighted by Gasteiger charge is 2.11. The summed E-state index contributed by atoms with van der Waals surface area (Å²) >= 11 is 0. The van der Waals surface area contributed by atoms with Crippen molar-refractivity contribution in [2.45, 2.75) is 438 Å². The molecule has 0 radical (unpaired) electrons. The minimum absolute atomic E-state index is 0.220. The Balaban J connectivity index is 3.24. The molecule has 0 rings (SSSR count). The molecule has 0 saturated heterocycles. The molecule has 0 aromatic rings. The summed E-state index contributed by atoms with van der Waals surface area (Å²) in [6.45, 7) is 7.36. The Bertz CT molecular complexity index is 1150. The smallest absolute Gasteiger partial charge is 0.407 e. The Morgan fingerprint density at radius 3 is 0.637 bits per heavy atom. The summed E-state index contributed by atoms with van der Waals surface area (Å²) in [5.41, 5.74) is 0. The van der Waals surface area contributed by atoms with Crippen molar-refractivity contribution in [3.8, 4) is 0 Å². The monoisotopic (exact) mass is 1130 g/mol. The zero-order chi connectivity index (χ0) is 57.6. The summed E-state index contributed by atoms with van der Waals surface area (Å²) in [6.07, 6.45) is 89.5. The molecular formula is C74H148N2O4. The number of hydrogen-bond acceptors (Lipinski definition) is 3. The van der Waals surface area contributed by atoms with Crippen LogP contribution in [0.15, 0.2) is 0 Å². The SMILES string of the molecule is CCCCCCCCCCCCCCCCCCNC(=O)OCCCCCCCCCCCCCCCCCCCCCCCCCCCCCCCCCCCCN(CCCCCCCCCCCCCCCCCC)C(=O)O. The average Bonchev–Trinajstić information content (AvgIpc) is 3.45. The zero-order valence-electron chi connectivity index (χ0n) is 55.1. The number of alkyl carbamates (subject to hydrolysis) is 1. The first kappa shape index (κ1) is 78.5. The van der Waals surface area contributed by atoms with Gasteiger partial charge >= 0.3 is 12.2 Å². The topological polar surface area (TPSA) is 78.9 Å². The molecular weight excluding hydrogens is 981 g/mol. The number of hydrogen-bond donors (Lipinski definition) is 2. The molecule has 2 N–H and O–H groups in total. The fourth-order valence-corrected chi connectivity index (χ4v) is 12.3. The van der Waals surface area contributed by atoms with Crippen molar-refractivity contribution in [2.75, 3.05) is 26.2 Å². The van der Waals surface area contributed by atoms with Gasteiger partial charge in [0.25, 0.3) is 0 Å². The van der Waals surface area contributed by atoms with Crippen molar-refractivity contribution in [1.82, 2.24) is 10.2 Å². The van der Waals surface area contributed by atoms with E-state index >= 15 is 0 Å². The third kappa shape index (κ3) is 69.0. The van der Waals surface area contributed by atoms with Crippen LogP contribution in [0.3, 0.4) is 0 Å². The van der Waals surface area contributed by atoms with Crippen molar-refractivity contribution in [3.63, 3.8) is 0 Å². The molecule has 80 heavy (non-hydrogen) atoms. The molecule has 0 aromatic heterocycles. The number of carbonyl (C=O) groups excluding carboxylic acids is 1. The minimum atomic E-state index is -0.719. The van der Waals surface area contributed by atoms with E-state index in [4.69, 9.17) is 4.74 Å². The molecule has 0 bridgehead atoms. The van der Waals surface area contributed by atoms with Crippen molar-refractivity contribution in [1.29, 1.82) is 0 Å². The second-order valence-electron chi connectivity index (χ2n) is 26.0. The summed E-state index contributed by atoms with van der Waals surface area (Å²) in [5.74, 6) is 0. The molecule has 0 spiro atoms. The number of carboxylic acid groups (broad SMARTS) is 1. The standard InChI is InChI=1S/C74H148N2O4/c1-3-5-7-9-11-13-15-17-19-41-45-49-53-57-61-65-69-75-73(77)80-72-68-64-60-56-52-48-44-40-38-36-34-32-30-28-26-24-22-21-23-25-27-29-31-33-35-37-39-43-47-51-55-59-63-67-71-76(74(78)79)70-66-62-58-54-50-46-42-20-18-16-14-12-10-8-6-4-2/h3-72H2,1-2H3,(H,75,77)(H,78,79). The second kappa shape index (κ2) is 71.8. The molecule has 478 valence electrons. The summed E-state index contributed by atoms with van der Waals surface area (Å²) in [7, 11) is 0. The fourth-order valence-electron chi connectivity index (χ4n) is 12.3. The first-order valence-electron chi connectivity index (χ1n) is 37.5. The number of nitrogens with zero attached hydrogens (tertiary/aromatic N) is 1. The lowest BCUT2D eigenvalue weighted by atomic mass is 10.0. The highest BCUT2D eigenvalue weighted by molar-refractivity contribution is 5.67. The van der Waals surface area contributed by atoms with Crippen LogP contribution >= 0.6 is 0 Å². The van der Waals surface area contributed by atoms with E-state index < -0.39 is 6.09 Å². The van der Waals surface area contributed by atoms with Crippen LogP contribution in [0.4, 0.5) is 9.59 Å². The summed E-state index contributed by atoms with van der Waals surface area (Å²) in [5, 5.41) is 12.6. The quantitative estimate of drug-likeness (QED) is 0.0595. The third-order valence-electron chi connectivity index (χ3n) is 17.9. The Morgan fingerprint density at radius 2 is 0.438 bits per heavy atom. The normalized spacial score (nSPS) is 11.5. The van der Waals surface area contributed by atoms with E-state index in [1.54, 1.807) is 4.90 Å². The van der Waals surface area contributed by atoms with Crippen LogP contribution in [-0.4, -0.2) is 48.4 Å². The first-order chi connectivity index (χ1) is 39.6. The van der Waals surface area contributed by atoms with Crippen molar-refractivity contribution in [3.05, 3.63) is 0 Å². The van der Waals surface area contributed by atoms with Crippen LogP contribution < -0.4 is 5.32 Å². The van der Waals surface area contributed by atoms with Crippen molar-refractivity contribution < 1.29 is 19.4 Å². The summed E-state index contributed by atoms with van der Waals surface area (Å²) < 4.78 is 5.41. The van der Waals surface area contributed by atoms with Gasteiger partial charge < -0.3 is 20.1 Å². The van der Waals surface area contributed by atoms with Gasteiger partial charge in [-0.05, 0) is 25.7 Å². The van der Waals surface area contributed by atoms with Gasteiger partial charge in [0, 0.05) is 19.6 Å². The Kier molecular flexibility index (Phi) is 70.5. The van der Waals surface area contributed by atoms with E-state index in [-0.39, 0.29) is 6.09 Å². The maximum Gasteiger partial charge on any atom is 0.407 e. The van der Waals surface area contributed by atoms with Gasteiger partial charge in [0.1, 0.15) is 0 Å². The van der Waals surface area contributed by atoms with E-state index in [2.05, 4.69) is 19.2 Å². The Morgan fingerprint density at radius 1 is 0.263 bits per heavy atom. The molecule has 0 fully saturated rings. The van der Waals surface area contributed by atoms with E-state index in [1.807, 2.05) is 0 Å². The van der Waals surface area contributed by atoms with E-state index in [9.17, 15) is 14.7 Å². The lowest BCUT2D eigenvalue weighted by Gasteiger charge is -2.19. The largest absolute Gasteiger partial charge is 0.465 e. The van der Waals surface area contributed by atoms with E-state index in [0.717, 1.165) is 45.3 Å². The summed E-state index contributed by atoms with van der Waals surface area (Å²) in [4.78, 5) is 25.5. The highest BCUT2D eigenvalue weighted by atomic mass is 16.5. The molecule has 0 atom stereocenters. The van der Waals surface area contributed by atoms with Gasteiger partial charge in [-0.15, -0.1) is 0 Å². The lowest BCUT2D eigenvalue weighted by molar-refractivity contribution is 0.142. The maximum atomic E-state index is 12.0. The number of unbranched alkanes of at least 4 members (excludes halogenated alkanes) is 63. The van der Waals surface area contributed by atoms with Gasteiger partial charge in [0.2, 0.25) is 0 Å². The fraction of sp³-hybridized carbons (Fsp3) is 0.973. The number of rotatable bonds is 71. The number of nitrogens with one attached hydrogen (secondary N) is 1. The predicted octanol–water partition coefficient (Wildman–Crippen LogP) is 26.5. The van der Waals surface area contributed by atoms with E-state index in [0.29, 0.717) is 6.61 Å². The number of ether oxygens (including phenoxy) is 1. The van der Waals surface area contributed by atoms with Gasteiger partial charge in [0.05, 0.1) is 6.61 Å². The van der Waals surface area contributed by atoms with Gasteiger partial charge in [-0.3, -0.25) is 0 Å². The molecule has 0 unspecified atom stereocenters. The van der Waals surface area contributed by atoms with Gasteiger partial charge in [-0.1, -0.05) is 412 Å². The number of carbonyl (C=O) groups is 2. The van der Waals surface area contributed by atoms with E-state index in [1.165, 1.54) is 398 Å². The average molecular weight is 1130 g/mol. The van der Waals surface area contributed by atoms with Crippen molar-refractivity contribution in [2.24, 2.45) is 0 Å². The van der Waals surface area contributed by atoms with Crippen LogP contribution in [0.2, 0.25) is 0 Å². The molecule has 0 aromatic carbocycles. The van der Waals surface area contributed by atoms with Crippen LogP contribution in [0.5, 0.6) is 0 Å². The highest BCUT2D eigenvalue weighted by Crippen LogP contribution is 2.20. The zero-order valence-corrected chi connectivity index (χ0v) is 55.1. The van der Waals surface area contributed by atoms with Gasteiger partial charge in [-0.25, -0.2) is 9.59 Å². The van der Waals surface area contributed by atoms with Crippen LogP contribution in [0.1, 0.15) is 438 Å². The van der Waals surface area contributed by atoms with Crippen molar-refractivity contribution >= 4 is 12.2 Å². The van der Waals surface area contributed by atoms with Gasteiger partial charge in [0.15, 0.2) is 0 Å². The lowest BCUT2D eigenvalue weighted by Crippen LogP contribution is -2.31. The first-order valence-corrected chi connectivity index (χ1v) is 37.5. The molecule has 0 heterocycles.